The predicted molar refractivity (Wildman–Crippen MR) is 66.6 cm³/mol. The number of aliphatic hydroxyl groups excluding tert-OH is 1. The second-order valence-electron chi connectivity index (χ2n) is 3.97. The molecule has 18 heavy (non-hydrogen) atoms. The summed E-state index contributed by atoms with van der Waals surface area (Å²) in [6.45, 7) is 4.63. The van der Waals surface area contributed by atoms with Crippen LogP contribution in [-0.2, 0) is 13.0 Å². The molecule has 1 atom stereocenters. The van der Waals surface area contributed by atoms with Gasteiger partial charge in [0.15, 0.2) is 11.9 Å². The van der Waals surface area contributed by atoms with Crippen LogP contribution in [0.25, 0.3) is 0 Å². The number of nitrogens with zero attached hydrogens (tertiary/aromatic N) is 2. The molecule has 0 saturated heterocycles. The van der Waals surface area contributed by atoms with Crippen LogP contribution < -0.4 is 4.74 Å². The summed E-state index contributed by atoms with van der Waals surface area (Å²) >= 11 is 0. The Balaban J connectivity index is 2.37. The first-order chi connectivity index (χ1) is 8.71. The van der Waals surface area contributed by atoms with E-state index in [0.29, 0.717) is 23.7 Å². The van der Waals surface area contributed by atoms with Gasteiger partial charge in [0.2, 0.25) is 0 Å². The number of aromatic nitrogens is 2. The predicted octanol–water partition coefficient (Wildman–Crippen LogP) is 2.15. The third-order valence-corrected chi connectivity index (χ3v) is 2.92. The van der Waals surface area contributed by atoms with Gasteiger partial charge in [0, 0.05) is 13.0 Å². The van der Waals surface area contributed by atoms with E-state index in [9.17, 15) is 5.11 Å². The Bertz CT molecular complexity index is 495. The molecule has 0 fully saturated rings. The average molecular weight is 250 g/mol. The van der Waals surface area contributed by atoms with E-state index in [2.05, 4.69) is 5.10 Å². The Morgan fingerprint density at radius 3 is 2.78 bits per heavy atom. The van der Waals surface area contributed by atoms with Gasteiger partial charge >= 0.3 is 0 Å². The highest BCUT2D eigenvalue weighted by molar-refractivity contribution is 5.32. The molecule has 1 unspecified atom stereocenters. The van der Waals surface area contributed by atoms with E-state index in [1.165, 1.54) is 0 Å². The lowest BCUT2D eigenvalue weighted by atomic mass is 10.2. The molecule has 0 saturated carbocycles. The number of aliphatic hydroxyl groups is 1. The quantitative estimate of drug-likeness (QED) is 0.883. The molecule has 0 aliphatic rings. The molecule has 5 nitrogen and oxygen atoms in total. The second kappa shape index (κ2) is 5.27. The fraction of sp³-hybridized carbons (Fsp3) is 0.462. The molecule has 0 spiro atoms. The Labute approximate surface area is 106 Å². The van der Waals surface area contributed by atoms with Crippen molar-refractivity contribution in [3.63, 3.8) is 0 Å². The zero-order valence-corrected chi connectivity index (χ0v) is 10.9. The topological polar surface area (TPSA) is 60.4 Å². The largest absolute Gasteiger partial charge is 0.493 e. The van der Waals surface area contributed by atoms with Crippen LogP contribution in [0.1, 0.15) is 37.2 Å². The number of furan rings is 1. The van der Waals surface area contributed by atoms with Crippen molar-refractivity contribution in [2.75, 3.05) is 7.11 Å². The van der Waals surface area contributed by atoms with E-state index in [0.717, 1.165) is 12.2 Å². The Morgan fingerprint density at radius 2 is 2.22 bits per heavy atom. The Kier molecular flexibility index (Phi) is 3.72. The maximum Gasteiger partial charge on any atom is 0.163 e. The maximum atomic E-state index is 10.4. The fourth-order valence-corrected chi connectivity index (χ4v) is 1.93. The highest BCUT2D eigenvalue weighted by atomic mass is 16.5. The summed E-state index contributed by atoms with van der Waals surface area (Å²) in [4.78, 5) is 0. The molecule has 0 bridgehead atoms. The Hall–Kier alpha value is -1.75. The van der Waals surface area contributed by atoms with Crippen LogP contribution in [0.2, 0.25) is 0 Å². The summed E-state index contributed by atoms with van der Waals surface area (Å²) in [6, 6.07) is 3.66. The first-order valence-corrected chi connectivity index (χ1v) is 6.07. The number of hydrogen-bond acceptors (Lipinski definition) is 4. The van der Waals surface area contributed by atoms with Gasteiger partial charge in [-0.25, -0.2) is 0 Å². The summed E-state index contributed by atoms with van der Waals surface area (Å²) in [6.07, 6.45) is 1.55. The van der Waals surface area contributed by atoms with Crippen molar-refractivity contribution in [2.24, 2.45) is 0 Å². The number of ether oxygens (including phenoxy) is 1. The lowest BCUT2D eigenvalue weighted by Gasteiger charge is -2.12. The van der Waals surface area contributed by atoms with Crippen LogP contribution >= 0.6 is 0 Å². The molecule has 0 aliphatic heterocycles. The molecule has 2 aromatic heterocycles. The van der Waals surface area contributed by atoms with E-state index in [1.54, 1.807) is 24.1 Å². The van der Waals surface area contributed by atoms with Gasteiger partial charge in [-0.15, -0.1) is 0 Å². The molecule has 0 amide bonds. The molecule has 0 radical (unpaired) electrons. The van der Waals surface area contributed by atoms with Gasteiger partial charge < -0.3 is 14.3 Å². The number of aryl methyl sites for hydroxylation is 2. The van der Waals surface area contributed by atoms with Crippen molar-refractivity contribution >= 4 is 0 Å². The van der Waals surface area contributed by atoms with Gasteiger partial charge in [-0.2, -0.15) is 5.10 Å². The molecule has 0 aromatic carbocycles. The van der Waals surface area contributed by atoms with Crippen molar-refractivity contribution in [1.29, 1.82) is 0 Å². The first kappa shape index (κ1) is 12.7. The minimum absolute atomic E-state index is 0.514. The highest BCUT2D eigenvalue weighted by Crippen LogP contribution is 2.30. The van der Waals surface area contributed by atoms with Gasteiger partial charge in [0.25, 0.3) is 0 Å². The average Bonchev–Trinajstić information content (AvgIpc) is 3.03. The molecule has 2 heterocycles. The summed E-state index contributed by atoms with van der Waals surface area (Å²) < 4.78 is 12.5. The molecule has 2 aromatic rings. The third-order valence-electron chi connectivity index (χ3n) is 2.92. The smallest absolute Gasteiger partial charge is 0.163 e. The second-order valence-corrected chi connectivity index (χ2v) is 3.97. The minimum Gasteiger partial charge on any atom is -0.493 e. The zero-order chi connectivity index (χ0) is 13.1. The summed E-state index contributed by atoms with van der Waals surface area (Å²) in [7, 11) is 1.56. The van der Waals surface area contributed by atoms with E-state index in [-0.39, 0.29) is 0 Å². The van der Waals surface area contributed by atoms with Gasteiger partial charge in [-0.05, 0) is 19.1 Å². The normalized spacial score (nSPS) is 12.7. The lowest BCUT2D eigenvalue weighted by molar-refractivity contribution is 0.172. The van der Waals surface area contributed by atoms with E-state index < -0.39 is 6.10 Å². The van der Waals surface area contributed by atoms with Crippen molar-refractivity contribution in [1.82, 2.24) is 9.78 Å². The fourth-order valence-electron chi connectivity index (χ4n) is 1.93. The maximum absolute atomic E-state index is 10.4. The molecule has 98 valence electrons. The number of rotatable bonds is 5. The number of methoxy groups -OCH3 is 1. The van der Waals surface area contributed by atoms with Crippen LogP contribution in [0.3, 0.4) is 0 Å². The summed E-state index contributed by atoms with van der Waals surface area (Å²) in [5.41, 5.74) is 0.622. The van der Waals surface area contributed by atoms with Crippen LogP contribution in [0, 0.1) is 0 Å². The number of hydrogen-bond donors (Lipinski definition) is 1. The summed E-state index contributed by atoms with van der Waals surface area (Å²) in [5.74, 6) is 1.93. The SMILES string of the molecule is CCc1ccc(C(O)c2c(OC)cnn2CC)o1. The third kappa shape index (κ3) is 2.13. The van der Waals surface area contributed by atoms with Crippen molar-refractivity contribution in [3.05, 3.63) is 35.5 Å². The molecular formula is C13H18N2O3. The van der Waals surface area contributed by atoms with Crippen LogP contribution in [0.4, 0.5) is 0 Å². The minimum atomic E-state index is -0.859. The van der Waals surface area contributed by atoms with E-state index in [1.807, 2.05) is 19.9 Å². The molecule has 5 heteroatoms. The first-order valence-electron chi connectivity index (χ1n) is 6.07. The van der Waals surface area contributed by atoms with E-state index in [4.69, 9.17) is 9.15 Å². The molecule has 0 aliphatic carbocycles. The monoisotopic (exact) mass is 250 g/mol. The van der Waals surface area contributed by atoms with Crippen molar-refractivity contribution in [3.8, 4) is 5.75 Å². The van der Waals surface area contributed by atoms with Crippen LogP contribution in [0.5, 0.6) is 5.75 Å². The lowest BCUT2D eigenvalue weighted by Crippen LogP contribution is -2.09. The summed E-state index contributed by atoms with van der Waals surface area (Å²) in [5, 5.41) is 14.5. The van der Waals surface area contributed by atoms with Crippen molar-refractivity contribution < 1.29 is 14.3 Å². The van der Waals surface area contributed by atoms with E-state index >= 15 is 0 Å². The standard InChI is InChI=1S/C13H18N2O3/c1-4-9-6-7-10(18-9)13(16)12-11(17-3)8-14-15(12)5-2/h6-8,13,16H,4-5H2,1-3H3. The molecule has 2 rings (SSSR count). The highest BCUT2D eigenvalue weighted by Gasteiger charge is 2.23. The van der Waals surface area contributed by atoms with Gasteiger partial charge in [0.05, 0.1) is 13.3 Å². The van der Waals surface area contributed by atoms with Crippen LogP contribution in [0.15, 0.2) is 22.7 Å². The molecule has 1 N–H and O–H groups in total. The van der Waals surface area contributed by atoms with Gasteiger partial charge in [-0.3, -0.25) is 4.68 Å². The van der Waals surface area contributed by atoms with Gasteiger partial charge in [0.1, 0.15) is 17.2 Å². The van der Waals surface area contributed by atoms with Crippen LogP contribution in [-0.4, -0.2) is 22.0 Å². The zero-order valence-electron chi connectivity index (χ0n) is 10.9. The Morgan fingerprint density at radius 1 is 1.44 bits per heavy atom. The van der Waals surface area contributed by atoms with Crippen molar-refractivity contribution in [2.45, 2.75) is 32.9 Å². The molecular weight excluding hydrogens is 232 g/mol. The van der Waals surface area contributed by atoms with Gasteiger partial charge in [-0.1, -0.05) is 6.92 Å².